The fraction of sp³-hybridized carbons (Fsp3) is 0. The summed E-state index contributed by atoms with van der Waals surface area (Å²) in [6.45, 7) is 0. The number of Topliss-reactive ketones (excluding diaryl/α,β-unsaturated/α-hetero) is 1. The molecule has 3 aromatic rings. The van der Waals surface area contributed by atoms with Crippen LogP contribution in [0.1, 0.15) is 15.9 Å². The minimum Gasteiger partial charge on any atom is -0.748 e. The van der Waals surface area contributed by atoms with Gasteiger partial charge in [0, 0.05) is 22.9 Å². The number of aromatic hydroxyl groups is 1. The summed E-state index contributed by atoms with van der Waals surface area (Å²) in [6.07, 6.45) is 0. The number of carbonyl (C=O) groups excluding carboxylic acids is 1. The van der Waals surface area contributed by atoms with Crippen LogP contribution in [0.2, 0.25) is 0 Å². The van der Waals surface area contributed by atoms with Gasteiger partial charge in [0.2, 0.25) is 0 Å². The molecule has 0 aliphatic heterocycles. The fourth-order valence-electron chi connectivity index (χ4n) is 1.67. The van der Waals surface area contributed by atoms with Crippen molar-refractivity contribution in [3.63, 3.8) is 0 Å². The van der Waals surface area contributed by atoms with E-state index in [2.05, 4.69) is 11.8 Å². The molecule has 0 fully saturated rings. The Morgan fingerprint density at radius 2 is 1.65 bits per heavy atom. The quantitative estimate of drug-likeness (QED) is 0.314. The molecule has 23 heavy (non-hydrogen) atoms. The Kier molecular flexibility index (Phi) is 7.56. The van der Waals surface area contributed by atoms with Gasteiger partial charge < -0.3 is 40.2 Å². The second-order valence-corrected chi connectivity index (χ2v) is 4.35. The molecule has 0 amide bonds. The predicted molar refractivity (Wildman–Crippen MR) is 83.3 cm³/mol. The topological polar surface area (TPSA) is 37.3 Å². The average molecular weight is 348 g/mol. The molecule has 0 saturated heterocycles. The van der Waals surface area contributed by atoms with Crippen LogP contribution < -0.4 is 0 Å². The van der Waals surface area contributed by atoms with E-state index in [4.69, 9.17) is 0 Å². The van der Waals surface area contributed by atoms with E-state index in [1.807, 2.05) is 30.3 Å². The van der Waals surface area contributed by atoms with Gasteiger partial charge in [-0.3, -0.25) is 0 Å². The van der Waals surface area contributed by atoms with Gasteiger partial charge in [0.1, 0.15) is 11.5 Å². The van der Waals surface area contributed by atoms with Crippen molar-refractivity contribution in [3.05, 3.63) is 89.7 Å². The zero-order valence-corrected chi connectivity index (χ0v) is 13.1. The number of carbonyl (C=O) groups is 1. The van der Waals surface area contributed by atoms with Crippen LogP contribution in [-0.2, 0) is 17.1 Å². The van der Waals surface area contributed by atoms with Crippen molar-refractivity contribution in [2.24, 2.45) is 0 Å². The third-order valence-corrected chi connectivity index (χ3v) is 2.78. The first-order valence-corrected chi connectivity index (χ1v) is 6.60. The molecule has 0 aliphatic rings. The first-order chi connectivity index (χ1) is 10.7. The van der Waals surface area contributed by atoms with E-state index in [1.165, 1.54) is 24.3 Å². The summed E-state index contributed by atoms with van der Waals surface area (Å²) in [5.41, 5.74) is 0.292. The van der Waals surface area contributed by atoms with E-state index in [9.17, 15) is 14.3 Å². The number of phenolic OH excluding ortho intramolecular Hbond substituents is 1. The number of hydrogen-bond donors (Lipinski definition) is 1. The summed E-state index contributed by atoms with van der Waals surface area (Å²) in [5.74, 6) is 3.62. The number of hydrogen-bond acceptors (Lipinski definition) is 2. The largest absolute Gasteiger partial charge is 0.748 e. The number of halogens is 1. The van der Waals surface area contributed by atoms with Gasteiger partial charge in [0.15, 0.2) is 0 Å². The SMILES string of the molecule is O=C(C#Cc1ccccc1O)[c-]1cccc1F.[Fe].[cH-]1[cH-][cH-][cH-][cH-]1. The Morgan fingerprint density at radius 3 is 2.17 bits per heavy atom. The smallest absolute Gasteiger partial charge is 0.149 e. The van der Waals surface area contributed by atoms with Crippen LogP contribution in [0.3, 0.4) is 0 Å². The van der Waals surface area contributed by atoms with E-state index in [-0.39, 0.29) is 28.4 Å². The molecule has 3 aromatic carbocycles. The number of ketones is 1. The van der Waals surface area contributed by atoms with Crippen LogP contribution in [0.4, 0.5) is 4.39 Å². The van der Waals surface area contributed by atoms with Crippen LogP contribution in [0, 0.1) is 17.7 Å². The first-order valence-electron chi connectivity index (χ1n) is 6.60. The minimum absolute atomic E-state index is 0. The molecule has 1 N–H and O–H groups in total. The van der Waals surface area contributed by atoms with Gasteiger partial charge >= 0.3 is 0 Å². The summed E-state index contributed by atoms with van der Waals surface area (Å²) in [4.78, 5) is 11.5. The first kappa shape index (κ1) is 18.4. The molecule has 0 heterocycles. The molecule has 0 atom stereocenters. The Balaban J connectivity index is 0.000000377. The Morgan fingerprint density at radius 1 is 1.04 bits per heavy atom. The maximum Gasteiger partial charge on any atom is 0.149 e. The standard InChI is InChI=1S/C14H8FO2.C5H5.Fe/c15-12-6-3-5-11(12)14(17)9-8-10-4-1-2-7-13(10)16;1-2-4-5-3-1;/h1-7,16H;1-5H;/q-1;-5;. The number of para-hydroxylation sites is 1. The van der Waals surface area contributed by atoms with Gasteiger partial charge in [0.05, 0.1) is 5.56 Å². The predicted octanol–water partition coefficient (Wildman–Crippen LogP) is 3.89. The molecule has 0 aromatic heterocycles. The normalized spacial score (nSPS) is 8.74. The van der Waals surface area contributed by atoms with Crippen LogP contribution in [-0.4, -0.2) is 10.9 Å². The van der Waals surface area contributed by atoms with Crippen LogP contribution in [0.15, 0.2) is 72.8 Å². The molecule has 0 unspecified atom stereocenters. The molecule has 4 heteroatoms. The van der Waals surface area contributed by atoms with Crippen molar-refractivity contribution in [1.29, 1.82) is 0 Å². The molecule has 2 nitrogen and oxygen atoms in total. The Bertz CT molecular complexity index is 775. The molecular formula is C19H13FFeO2-6. The number of rotatable bonds is 1. The van der Waals surface area contributed by atoms with Crippen LogP contribution in [0.25, 0.3) is 0 Å². The molecule has 0 saturated carbocycles. The van der Waals surface area contributed by atoms with Crippen molar-refractivity contribution >= 4 is 5.78 Å². The number of benzene rings is 1. The monoisotopic (exact) mass is 348 g/mol. The maximum absolute atomic E-state index is 13.1. The van der Waals surface area contributed by atoms with Crippen molar-refractivity contribution in [3.8, 4) is 17.6 Å². The van der Waals surface area contributed by atoms with E-state index in [0.29, 0.717) is 5.56 Å². The van der Waals surface area contributed by atoms with Crippen molar-refractivity contribution in [2.45, 2.75) is 0 Å². The minimum atomic E-state index is -0.601. The Labute approximate surface area is 144 Å². The fourth-order valence-corrected chi connectivity index (χ4v) is 1.67. The van der Waals surface area contributed by atoms with Gasteiger partial charge in [0.25, 0.3) is 0 Å². The maximum atomic E-state index is 13.1. The van der Waals surface area contributed by atoms with Gasteiger partial charge in [-0.25, -0.2) is 4.39 Å². The van der Waals surface area contributed by atoms with E-state index in [0.717, 1.165) is 0 Å². The van der Waals surface area contributed by atoms with E-state index >= 15 is 0 Å². The average Bonchev–Trinajstić information content (AvgIpc) is 3.20. The van der Waals surface area contributed by atoms with Gasteiger partial charge in [-0.2, -0.15) is 6.07 Å². The molecule has 122 valence electrons. The molecule has 3 rings (SSSR count). The summed E-state index contributed by atoms with van der Waals surface area (Å²) in [7, 11) is 0. The third-order valence-electron chi connectivity index (χ3n) is 2.78. The molecule has 0 spiro atoms. The molecule has 0 bridgehead atoms. The summed E-state index contributed by atoms with van der Waals surface area (Å²) >= 11 is 0. The van der Waals surface area contributed by atoms with Crippen LogP contribution in [0.5, 0.6) is 5.75 Å². The van der Waals surface area contributed by atoms with Gasteiger partial charge in [-0.05, 0) is 17.7 Å². The summed E-state index contributed by atoms with van der Waals surface area (Å²) in [6, 6.07) is 20.4. The van der Waals surface area contributed by atoms with Crippen molar-refractivity contribution in [1.82, 2.24) is 0 Å². The third kappa shape index (κ3) is 5.59. The zero-order valence-electron chi connectivity index (χ0n) is 12.0. The summed E-state index contributed by atoms with van der Waals surface area (Å²) in [5, 5.41) is 9.42. The van der Waals surface area contributed by atoms with Crippen molar-refractivity contribution < 1.29 is 31.4 Å². The molecule has 0 aliphatic carbocycles. The van der Waals surface area contributed by atoms with E-state index < -0.39 is 11.6 Å². The second-order valence-electron chi connectivity index (χ2n) is 4.35. The van der Waals surface area contributed by atoms with Gasteiger partial charge in [-0.15, -0.1) is 24.0 Å². The van der Waals surface area contributed by atoms with Gasteiger partial charge in [-0.1, -0.05) is 12.1 Å². The molecule has 0 radical (unpaired) electrons. The number of phenols is 1. The van der Waals surface area contributed by atoms with Crippen LogP contribution >= 0.6 is 0 Å². The zero-order chi connectivity index (χ0) is 15.8. The Hall–Kier alpha value is -2.60. The van der Waals surface area contributed by atoms with E-state index in [1.54, 1.807) is 18.2 Å². The second kappa shape index (κ2) is 9.42. The molecular weight excluding hydrogens is 335 g/mol. The summed E-state index contributed by atoms with van der Waals surface area (Å²) < 4.78 is 13.1. The van der Waals surface area contributed by atoms with Crippen molar-refractivity contribution in [2.75, 3.05) is 0 Å².